The monoisotopic (exact) mass is 367 g/mol. The maximum absolute atomic E-state index is 12.2. The van der Waals surface area contributed by atoms with Gasteiger partial charge in [-0.15, -0.1) is 0 Å². The van der Waals surface area contributed by atoms with Crippen molar-refractivity contribution in [2.24, 2.45) is 0 Å². The van der Waals surface area contributed by atoms with E-state index in [2.05, 4.69) is 5.32 Å². The van der Waals surface area contributed by atoms with Crippen molar-refractivity contribution < 1.29 is 19.1 Å². The molecule has 0 aliphatic rings. The summed E-state index contributed by atoms with van der Waals surface area (Å²) in [7, 11) is 1.59. The van der Waals surface area contributed by atoms with E-state index in [0.717, 1.165) is 5.75 Å². The molecule has 2 aromatic rings. The fourth-order valence-corrected chi connectivity index (χ4v) is 2.40. The zero-order valence-electron chi connectivity index (χ0n) is 15.3. The average molecular weight is 367 g/mol. The minimum atomic E-state index is -0.337. The van der Waals surface area contributed by atoms with Gasteiger partial charge in [-0.2, -0.15) is 5.26 Å². The van der Waals surface area contributed by atoms with E-state index in [1.807, 2.05) is 6.07 Å². The van der Waals surface area contributed by atoms with E-state index in [0.29, 0.717) is 17.0 Å². The third kappa shape index (κ3) is 5.75. The molecule has 0 fully saturated rings. The standard InChI is InChI=1S/C20H21N3O4/c1-15(24)23(19-6-4-3-5-16(19)13-21)14-20(25)22-11-12-27-18-9-7-17(26-2)8-10-18/h3-10H,11-12,14H2,1-2H3,(H,22,25). The Morgan fingerprint density at radius 3 is 2.41 bits per heavy atom. The zero-order valence-corrected chi connectivity index (χ0v) is 15.3. The summed E-state index contributed by atoms with van der Waals surface area (Å²) >= 11 is 0. The van der Waals surface area contributed by atoms with Crippen molar-refractivity contribution in [2.45, 2.75) is 6.92 Å². The molecule has 0 radical (unpaired) electrons. The average Bonchev–Trinajstić information content (AvgIpc) is 2.69. The lowest BCUT2D eigenvalue weighted by atomic mass is 10.1. The van der Waals surface area contributed by atoms with Gasteiger partial charge in [0.05, 0.1) is 24.9 Å². The van der Waals surface area contributed by atoms with Gasteiger partial charge in [-0.05, 0) is 36.4 Å². The van der Waals surface area contributed by atoms with Crippen LogP contribution < -0.4 is 19.7 Å². The summed E-state index contributed by atoms with van der Waals surface area (Å²) < 4.78 is 10.6. The van der Waals surface area contributed by atoms with Gasteiger partial charge in [-0.25, -0.2) is 0 Å². The summed E-state index contributed by atoms with van der Waals surface area (Å²) in [6, 6.07) is 15.8. The molecule has 0 saturated carbocycles. The van der Waals surface area contributed by atoms with Crippen LogP contribution >= 0.6 is 0 Å². The Kier molecular flexibility index (Phi) is 7.20. The molecule has 7 nitrogen and oxygen atoms in total. The molecule has 2 rings (SSSR count). The quantitative estimate of drug-likeness (QED) is 0.722. The summed E-state index contributed by atoms with van der Waals surface area (Å²) in [5.74, 6) is 0.745. The van der Waals surface area contributed by atoms with Crippen molar-refractivity contribution in [3.8, 4) is 17.6 Å². The lowest BCUT2D eigenvalue weighted by Crippen LogP contribution is -2.41. The van der Waals surface area contributed by atoms with Crippen LogP contribution in [0.5, 0.6) is 11.5 Å². The normalized spacial score (nSPS) is 9.81. The second kappa shape index (κ2) is 9.82. The van der Waals surface area contributed by atoms with Crippen molar-refractivity contribution in [1.82, 2.24) is 5.32 Å². The van der Waals surface area contributed by atoms with Gasteiger partial charge in [-0.1, -0.05) is 12.1 Å². The molecule has 0 unspecified atom stereocenters. The van der Waals surface area contributed by atoms with Crippen LogP contribution in [0.4, 0.5) is 5.69 Å². The van der Waals surface area contributed by atoms with Crippen LogP contribution in [0.15, 0.2) is 48.5 Å². The molecule has 0 spiro atoms. The Bertz CT molecular complexity index is 828. The summed E-state index contributed by atoms with van der Waals surface area (Å²) in [5, 5.41) is 11.9. The lowest BCUT2D eigenvalue weighted by molar-refractivity contribution is -0.123. The summed E-state index contributed by atoms with van der Waals surface area (Å²) in [5.41, 5.74) is 0.750. The summed E-state index contributed by atoms with van der Waals surface area (Å²) in [4.78, 5) is 25.4. The first-order chi connectivity index (χ1) is 13.0. The molecule has 1 N–H and O–H groups in total. The highest BCUT2D eigenvalue weighted by atomic mass is 16.5. The fraction of sp³-hybridized carbons (Fsp3) is 0.250. The first-order valence-electron chi connectivity index (χ1n) is 8.36. The molecular weight excluding hydrogens is 346 g/mol. The minimum Gasteiger partial charge on any atom is -0.497 e. The molecule has 0 aromatic heterocycles. The maximum Gasteiger partial charge on any atom is 0.240 e. The number of methoxy groups -OCH3 is 1. The van der Waals surface area contributed by atoms with Crippen molar-refractivity contribution in [3.63, 3.8) is 0 Å². The van der Waals surface area contributed by atoms with Gasteiger partial charge >= 0.3 is 0 Å². The SMILES string of the molecule is COc1ccc(OCCNC(=O)CN(C(C)=O)c2ccccc2C#N)cc1. The van der Waals surface area contributed by atoms with Crippen molar-refractivity contribution in [3.05, 3.63) is 54.1 Å². The van der Waals surface area contributed by atoms with Crippen LogP contribution in [-0.2, 0) is 9.59 Å². The first kappa shape index (κ1) is 19.8. The predicted molar refractivity (Wildman–Crippen MR) is 101 cm³/mol. The molecule has 2 amide bonds. The van der Waals surface area contributed by atoms with Crippen LogP contribution in [0.3, 0.4) is 0 Å². The number of carbonyl (C=O) groups is 2. The zero-order chi connectivity index (χ0) is 19.6. The number of para-hydroxylation sites is 1. The van der Waals surface area contributed by atoms with Crippen molar-refractivity contribution in [1.29, 1.82) is 5.26 Å². The Morgan fingerprint density at radius 1 is 1.11 bits per heavy atom. The number of rotatable bonds is 8. The van der Waals surface area contributed by atoms with Crippen LogP contribution in [-0.4, -0.2) is 38.6 Å². The molecule has 27 heavy (non-hydrogen) atoms. The van der Waals surface area contributed by atoms with E-state index in [9.17, 15) is 14.9 Å². The fourth-order valence-electron chi connectivity index (χ4n) is 2.40. The van der Waals surface area contributed by atoms with Gasteiger partial charge in [0.1, 0.15) is 30.7 Å². The Balaban J connectivity index is 1.85. The number of nitrogens with one attached hydrogen (secondary N) is 1. The number of benzene rings is 2. The van der Waals surface area contributed by atoms with Crippen LogP contribution in [0.2, 0.25) is 0 Å². The van der Waals surface area contributed by atoms with Crippen LogP contribution in [0.1, 0.15) is 12.5 Å². The van der Waals surface area contributed by atoms with Gasteiger partial charge < -0.3 is 19.7 Å². The van der Waals surface area contributed by atoms with Gasteiger partial charge in [0.25, 0.3) is 0 Å². The number of nitrogens with zero attached hydrogens (tertiary/aromatic N) is 2. The van der Waals surface area contributed by atoms with Gasteiger partial charge in [-0.3, -0.25) is 9.59 Å². The molecule has 0 saturated heterocycles. The minimum absolute atomic E-state index is 0.170. The highest BCUT2D eigenvalue weighted by Crippen LogP contribution is 2.19. The summed E-state index contributed by atoms with van der Waals surface area (Å²) in [6.45, 7) is 1.76. The second-order valence-corrected chi connectivity index (χ2v) is 5.61. The predicted octanol–water partition coefficient (Wildman–Crippen LogP) is 2.11. The van der Waals surface area contributed by atoms with E-state index in [1.54, 1.807) is 55.6 Å². The van der Waals surface area contributed by atoms with Crippen molar-refractivity contribution >= 4 is 17.5 Å². The Labute approximate surface area is 158 Å². The first-order valence-corrected chi connectivity index (χ1v) is 8.36. The molecule has 0 bridgehead atoms. The smallest absolute Gasteiger partial charge is 0.240 e. The topological polar surface area (TPSA) is 91.7 Å². The molecular formula is C20H21N3O4. The largest absolute Gasteiger partial charge is 0.497 e. The van der Waals surface area contributed by atoms with Crippen LogP contribution in [0.25, 0.3) is 0 Å². The third-order valence-electron chi connectivity index (χ3n) is 3.75. The van der Waals surface area contributed by atoms with Gasteiger partial charge in [0.15, 0.2) is 0 Å². The number of hydrogen-bond donors (Lipinski definition) is 1. The van der Waals surface area contributed by atoms with Gasteiger partial charge in [0, 0.05) is 6.92 Å². The highest BCUT2D eigenvalue weighted by Gasteiger charge is 2.18. The van der Waals surface area contributed by atoms with E-state index in [-0.39, 0.29) is 31.5 Å². The van der Waals surface area contributed by atoms with Gasteiger partial charge in [0.2, 0.25) is 11.8 Å². The number of carbonyl (C=O) groups excluding carboxylic acids is 2. The summed E-state index contributed by atoms with van der Waals surface area (Å²) in [6.07, 6.45) is 0. The number of amides is 2. The van der Waals surface area contributed by atoms with E-state index < -0.39 is 0 Å². The Morgan fingerprint density at radius 2 is 1.78 bits per heavy atom. The van der Waals surface area contributed by atoms with E-state index in [1.165, 1.54) is 11.8 Å². The molecule has 2 aromatic carbocycles. The number of nitriles is 1. The van der Waals surface area contributed by atoms with Crippen LogP contribution in [0, 0.1) is 11.3 Å². The lowest BCUT2D eigenvalue weighted by Gasteiger charge is -2.21. The number of ether oxygens (including phenoxy) is 2. The second-order valence-electron chi connectivity index (χ2n) is 5.61. The Hall–Kier alpha value is -3.53. The molecule has 0 aliphatic carbocycles. The van der Waals surface area contributed by atoms with E-state index in [4.69, 9.17) is 9.47 Å². The highest BCUT2D eigenvalue weighted by molar-refractivity contribution is 5.98. The number of hydrogen-bond acceptors (Lipinski definition) is 5. The third-order valence-corrected chi connectivity index (χ3v) is 3.75. The molecule has 7 heteroatoms. The molecule has 0 heterocycles. The molecule has 0 atom stereocenters. The van der Waals surface area contributed by atoms with E-state index >= 15 is 0 Å². The number of anilines is 1. The molecule has 0 aliphatic heterocycles. The maximum atomic E-state index is 12.2. The van der Waals surface area contributed by atoms with Crippen molar-refractivity contribution in [2.75, 3.05) is 31.7 Å². The molecule has 140 valence electrons.